The summed E-state index contributed by atoms with van der Waals surface area (Å²) in [6.07, 6.45) is 3.93. The van der Waals surface area contributed by atoms with Gasteiger partial charge in [-0.2, -0.15) is 0 Å². The van der Waals surface area contributed by atoms with Crippen molar-refractivity contribution in [1.29, 1.82) is 0 Å². The van der Waals surface area contributed by atoms with Crippen LogP contribution in [-0.2, 0) is 6.54 Å². The molecule has 0 saturated heterocycles. The number of carboxylic acids is 1. The first-order valence-electron chi connectivity index (χ1n) is 6.56. The number of benzene rings is 1. The molecule has 1 aromatic rings. The SMILES string of the molecule is O=C(O)c1cccc(CNCC(F)=C2CCCC2)c1. The molecule has 0 amide bonds. The molecule has 0 aromatic heterocycles. The second-order valence-corrected chi connectivity index (χ2v) is 4.82. The minimum Gasteiger partial charge on any atom is -0.478 e. The molecule has 0 spiro atoms. The van der Waals surface area contributed by atoms with Gasteiger partial charge in [0.1, 0.15) is 5.83 Å². The van der Waals surface area contributed by atoms with Crippen LogP contribution in [0.3, 0.4) is 0 Å². The molecular formula is C15H18FNO2. The highest BCUT2D eigenvalue weighted by Crippen LogP contribution is 2.27. The molecule has 0 unspecified atom stereocenters. The van der Waals surface area contributed by atoms with Gasteiger partial charge in [-0.3, -0.25) is 0 Å². The fraction of sp³-hybridized carbons (Fsp3) is 0.400. The molecule has 1 aliphatic rings. The van der Waals surface area contributed by atoms with E-state index >= 15 is 0 Å². The zero-order valence-electron chi connectivity index (χ0n) is 10.8. The lowest BCUT2D eigenvalue weighted by Gasteiger charge is -2.06. The van der Waals surface area contributed by atoms with Crippen molar-refractivity contribution in [1.82, 2.24) is 5.32 Å². The van der Waals surface area contributed by atoms with Crippen LogP contribution in [0.1, 0.15) is 41.6 Å². The quantitative estimate of drug-likeness (QED) is 0.857. The molecule has 1 aliphatic carbocycles. The van der Waals surface area contributed by atoms with Crippen LogP contribution in [0.2, 0.25) is 0 Å². The van der Waals surface area contributed by atoms with Crippen molar-refractivity contribution < 1.29 is 14.3 Å². The van der Waals surface area contributed by atoms with E-state index in [1.807, 2.05) is 6.07 Å². The van der Waals surface area contributed by atoms with E-state index in [-0.39, 0.29) is 17.9 Å². The van der Waals surface area contributed by atoms with Gasteiger partial charge in [-0.05, 0) is 49.0 Å². The first kappa shape index (κ1) is 13.7. The number of carboxylic acid groups (broad SMARTS) is 1. The number of hydrogen-bond acceptors (Lipinski definition) is 2. The minimum atomic E-state index is -0.943. The van der Waals surface area contributed by atoms with Crippen molar-refractivity contribution in [2.75, 3.05) is 6.54 Å². The summed E-state index contributed by atoms with van der Waals surface area (Å²) >= 11 is 0. The van der Waals surface area contributed by atoms with E-state index in [4.69, 9.17) is 5.11 Å². The van der Waals surface area contributed by atoms with Crippen LogP contribution in [0.5, 0.6) is 0 Å². The van der Waals surface area contributed by atoms with Crippen molar-refractivity contribution in [3.63, 3.8) is 0 Å². The van der Waals surface area contributed by atoms with E-state index in [1.54, 1.807) is 18.2 Å². The topological polar surface area (TPSA) is 49.3 Å². The van der Waals surface area contributed by atoms with E-state index in [2.05, 4.69) is 5.32 Å². The molecule has 19 heavy (non-hydrogen) atoms. The van der Waals surface area contributed by atoms with E-state index in [0.29, 0.717) is 6.54 Å². The number of halogens is 1. The van der Waals surface area contributed by atoms with Crippen molar-refractivity contribution >= 4 is 5.97 Å². The predicted octanol–water partition coefficient (Wildman–Crippen LogP) is 3.27. The minimum absolute atomic E-state index is 0.0492. The highest BCUT2D eigenvalue weighted by molar-refractivity contribution is 5.87. The Morgan fingerprint density at radius 1 is 1.32 bits per heavy atom. The third-order valence-corrected chi connectivity index (χ3v) is 3.37. The Hall–Kier alpha value is -1.68. The summed E-state index contributed by atoms with van der Waals surface area (Å²) in [7, 11) is 0. The molecule has 0 aliphatic heterocycles. The van der Waals surface area contributed by atoms with E-state index in [9.17, 15) is 9.18 Å². The Morgan fingerprint density at radius 3 is 2.74 bits per heavy atom. The molecule has 102 valence electrons. The Balaban J connectivity index is 1.87. The summed E-state index contributed by atoms with van der Waals surface area (Å²) in [6, 6.07) is 6.69. The summed E-state index contributed by atoms with van der Waals surface area (Å²) in [5.41, 5.74) is 2.05. The van der Waals surface area contributed by atoms with Crippen molar-refractivity contribution in [2.24, 2.45) is 0 Å². The van der Waals surface area contributed by atoms with E-state index in [1.165, 1.54) is 0 Å². The Labute approximate surface area is 112 Å². The summed E-state index contributed by atoms with van der Waals surface area (Å²) in [6.45, 7) is 0.703. The van der Waals surface area contributed by atoms with Gasteiger partial charge < -0.3 is 10.4 Å². The third kappa shape index (κ3) is 3.89. The van der Waals surface area contributed by atoms with Crippen molar-refractivity contribution in [3.05, 3.63) is 46.8 Å². The van der Waals surface area contributed by atoms with Gasteiger partial charge in [0.25, 0.3) is 0 Å². The maximum Gasteiger partial charge on any atom is 0.335 e. The Morgan fingerprint density at radius 2 is 2.05 bits per heavy atom. The van der Waals surface area contributed by atoms with Gasteiger partial charge in [0.15, 0.2) is 0 Å². The zero-order valence-corrected chi connectivity index (χ0v) is 10.8. The van der Waals surface area contributed by atoms with E-state index in [0.717, 1.165) is 36.8 Å². The monoisotopic (exact) mass is 263 g/mol. The Bertz CT molecular complexity index is 489. The second kappa shape index (κ2) is 6.48. The molecule has 3 nitrogen and oxygen atoms in total. The molecule has 2 N–H and O–H groups in total. The standard InChI is InChI=1S/C15H18FNO2/c16-14(12-5-1-2-6-12)10-17-9-11-4-3-7-13(8-11)15(18)19/h3-4,7-8,17H,1-2,5-6,9-10H2,(H,18,19). The van der Waals surface area contributed by atoms with Crippen molar-refractivity contribution in [3.8, 4) is 0 Å². The van der Waals surface area contributed by atoms with Gasteiger partial charge in [0, 0.05) is 13.1 Å². The van der Waals surface area contributed by atoms with Gasteiger partial charge in [-0.15, -0.1) is 0 Å². The average Bonchev–Trinajstić information content (AvgIpc) is 2.93. The van der Waals surface area contributed by atoms with Crippen LogP contribution in [0.25, 0.3) is 0 Å². The molecule has 1 aromatic carbocycles. The second-order valence-electron chi connectivity index (χ2n) is 4.82. The zero-order chi connectivity index (χ0) is 13.7. The average molecular weight is 263 g/mol. The number of nitrogens with one attached hydrogen (secondary N) is 1. The fourth-order valence-electron chi connectivity index (χ4n) is 2.33. The summed E-state index contributed by atoms with van der Waals surface area (Å²) < 4.78 is 13.7. The molecular weight excluding hydrogens is 245 g/mol. The molecule has 0 bridgehead atoms. The maximum absolute atomic E-state index is 13.7. The van der Waals surface area contributed by atoms with Gasteiger partial charge in [-0.1, -0.05) is 12.1 Å². The van der Waals surface area contributed by atoms with Gasteiger partial charge in [-0.25, -0.2) is 9.18 Å². The first-order chi connectivity index (χ1) is 9.16. The van der Waals surface area contributed by atoms with Crippen LogP contribution < -0.4 is 5.32 Å². The number of hydrogen-bond donors (Lipinski definition) is 2. The lowest BCUT2D eigenvalue weighted by Crippen LogP contribution is -2.16. The number of aromatic carboxylic acids is 1. The lowest BCUT2D eigenvalue weighted by atomic mass is 10.1. The largest absolute Gasteiger partial charge is 0.478 e. The number of allylic oxidation sites excluding steroid dienone is 1. The smallest absolute Gasteiger partial charge is 0.335 e. The van der Waals surface area contributed by atoms with Crippen LogP contribution in [0, 0.1) is 0 Å². The number of carbonyl (C=O) groups is 1. The summed E-state index contributed by atoms with van der Waals surface area (Å²) in [5.74, 6) is -0.993. The molecule has 1 fully saturated rings. The van der Waals surface area contributed by atoms with Crippen LogP contribution in [0.4, 0.5) is 4.39 Å². The van der Waals surface area contributed by atoms with Crippen LogP contribution >= 0.6 is 0 Å². The molecule has 2 rings (SSSR count). The van der Waals surface area contributed by atoms with Gasteiger partial charge >= 0.3 is 5.97 Å². The van der Waals surface area contributed by atoms with Gasteiger partial charge in [0.2, 0.25) is 0 Å². The van der Waals surface area contributed by atoms with Crippen LogP contribution in [-0.4, -0.2) is 17.6 Å². The molecule has 0 heterocycles. The highest BCUT2D eigenvalue weighted by Gasteiger charge is 2.12. The molecule has 0 atom stereocenters. The van der Waals surface area contributed by atoms with E-state index < -0.39 is 5.97 Å². The van der Waals surface area contributed by atoms with Gasteiger partial charge in [0.05, 0.1) is 5.56 Å². The molecule has 4 heteroatoms. The normalized spacial score (nSPS) is 14.7. The summed E-state index contributed by atoms with van der Waals surface area (Å²) in [5, 5.41) is 11.9. The third-order valence-electron chi connectivity index (χ3n) is 3.37. The lowest BCUT2D eigenvalue weighted by molar-refractivity contribution is 0.0696. The molecule has 0 radical (unpaired) electrons. The van der Waals surface area contributed by atoms with Crippen molar-refractivity contribution in [2.45, 2.75) is 32.2 Å². The molecule has 1 saturated carbocycles. The highest BCUT2D eigenvalue weighted by atomic mass is 19.1. The fourth-order valence-corrected chi connectivity index (χ4v) is 2.33. The van der Waals surface area contributed by atoms with Crippen LogP contribution in [0.15, 0.2) is 35.7 Å². The maximum atomic E-state index is 13.7. The number of rotatable bonds is 5. The predicted molar refractivity (Wildman–Crippen MR) is 71.7 cm³/mol. The summed E-state index contributed by atoms with van der Waals surface area (Å²) in [4.78, 5) is 10.8. The first-order valence-corrected chi connectivity index (χ1v) is 6.56. The Kier molecular flexibility index (Phi) is 4.68.